The van der Waals surface area contributed by atoms with Crippen molar-refractivity contribution in [1.29, 1.82) is 0 Å². The standard InChI is InChI=1S/C20H15F2N5O3S/c1-13-23-10-11-27(13)19-8-9-20(25-24-19)30-16-5-3-15(4-6-16)26-31(28,29)18-12-14(21)2-7-17(18)22/h2-12,26H,1H3. The number of sulfonamides is 1. The Bertz CT molecular complexity index is 1320. The molecule has 0 saturated heterocycles. The van der Waals surface area contributed by atoms with Gasteiger partial charge in [-0.05, 0) is 55.5 Å². The second-order valence-corrected chi connectivity index (χ2v) is 8.03. The minimum absolute atomic E-state index is 0.146. The first-order valence-electron chi connectivity index (χ1n) is 8.92. The highest BCUT2D eigenvalue weighted by Crippen LogP contribution is 2.24. The quantitative estimate of drug-likeness (QED) is 0.486. The Labute approximate surface area is 176 Å². The number of nitrogens with one attached hydrogen (secondary N) is 1. The van der Waals surface area contributed by atoms with E-state index in [0.29, 0.717) is 17.6 Å². The fourth-order valence-corrected chi connectivity index (χ4v) is 3.87. The molecule has 1 N–H and O–H groups in total. The third-order valence-electron chi connectivity index (χ3n) is 4.21. The second kappa shape index (κ2) is 8.11. The molecule has 0 aliphatic heterocycles. The minimum atomic E-state index is -4.30. The molecule has 0 unspecified atom stereocenters. The summed E-state index contributed by atoms with van der Waals surface area (Å²) in [5, 5.41) is 8.08. The predicted molar refractivity (Wildman–Crippen MR) is 108 cm³/mol. The van der Waals surface area contributed by atoms with E-state index in [2.05, 4.69) is 19.9 Å². The number of benzene rings is 2. The molecule has 0 fully saturated rings. The molecular weight excluding hydrogens is 428 g/mol. The van der Waals surface area contributed by atoms with Crippen LogP contribution in [0.2, 0.25) is 0 Å². The lowest BCUT2D eigenvalue weighted by molar-refractivity contribution is 0.454. The zero-order valence-corrected chi connectivity index (χ0v) is 16.8. The van der Waals surface area contributed by atoms with E-state index < -0.39 is 26.6 Å². The van der Waals surface area contributed by atoms with Crippen LogP contribution in [-0.4, -0.2) is 28.2 Å². The van der Waals surface area contributed by atoms with E-state index in [-0.39, 0.29) is 11.6 Å². The summed E-state index contributed by atoms with van der Waals surface area (Å²) in [6.07, 6.45) is 3.41. The first-order valence-corrected chi connectivity index (χ1v) is 10.4. The molecule has 0 aliphatic rings. The molecule has 2 heterocycles. The van der Waals surface area contributed by atoms with Crippen molar-refractivity contribution in [3.05, 3.63) is 84.4 Å². The van der Waals surface area contributed by atoms with Crippen LogP contribution in [0, 0.1) is 18.6 Å². The molecule has 158 valence electrons. The van der Waals surface area contributed by atoms with Gasteiger partial charge in [0.2, 0.25) is 5.88 Å². The maximum atomic E-state index is 13.8. The fraction of sp³-hybridized carbons (Fsp3) is 0.0500. The Morgan fingerprint density at radius 2 is 1.77 bits per heavy atom. The van der Waals surface area contributed by atoms with Gasteiger partial charge >= 0.3 is 0 Å². The molecule has 0 amide bonds. The van der Waals surface area contributed by atoms with Gasteiger partial charge in [-0.25, -0.2) is 22.2 Å². The van der Waals surface area contributed by atoms with Gasteiger partial charge in [0.25, 0.3) is 10.0 Å². The van der Waals surface area contributed by atoms with E-state index in [0.717, 1.165) is 18.0 Å². The molecule has 4 rings (SSSR count). The van der Waals surface area contributed by atoms with Gasteiger partial charge in [-0.2, -0.15) is 0 Å². The first kappa shape index (κ1) is 20.4. The van der Waals surface area contributed by atoms with Gasteiger partial charge in [-0.15, -0.1) is 10.2 Å². The van der Waals surface area contributed by atoms with E-state index in [4.69, 9.17) is 4.74 Å². The molecule has 0 spiro atoms. The third-order valence-corrected chi connectivity index (χ3v) is 5.61. The summed E-state index contributed by atoms with van der Waals surface area (Å²) in [6, 6.07) is 11.4. The number of aromatic nitrogens is 4. The second-order valence-electron chi connectivity index (χ2n) is 6.38. The lowest BCUT2D eigenvalue weighted by atomic mass is 10.3. The molecule has 11 heteroatoms. The van der Waals surface area contributed by atoms with Gasteiger partial charge in [0, 0.05) is 24.1 Å². The van der Waals surface area contributed by atoms with Gasteiger partial charge in [-0.3, -0.25) is 9.29 Å². The highest BCUT2D eigenvalue weighted by Gasteiger charge is 2.20. The van der Waals surface area contributed by atoms with Crippen molar-refractivity contribution in [3.8, 4) is 17.4 Å². The van der Waals surface area contributed by atoms with Gasteiger partial charge in [-0.1, -0.05) is 0 Å². The van der Waals surface area contributed by atoms with Crippen LogP contribution in [0.5, 0.6) is 11.6 Å². The summed E-state index contributed by atoms with van der Waals surface area (Å²) in [7, 11) is -4.30. The number of nitrogens with zero attached hydrogens (tertiary/aromatic N) is 4. The van der Waals surface area contributed by atoms with Crippen LogP contribution in [0.3, 0.4) is 0 Å². The lowest BCUT2D eigenvalue weighted by Gasteiger charge is -2.10. The summed E-state index contributed by atoms with van der Waals surface area (Å²) >= 11 is 0. The Hall–Kier alpha value is -3.86. The average Bonchev–Trinajstić information content (AvgIpc) is 3.17. The number of rotatable bonds is 6. The van der Waals surface area contributed by atoms with Crippen molar-refractivity contribution in [1.82, 2.24) is 19.7 Å². The van der Waals surface area contributed by atoms with E-state index in [1.807, 2.05) is 6.92 Å². The molecule has 8 nitrogen and oxygen atoms in total. The maximum absolute atomic E-state index is 13.8. The third kappa shape index (κ3) is 4.51. The largest absolute Gasteiger partial charge is 0.438 e. The predicted octanol–water partition coefficient (Wildman–Crippen LogP) is 3.84. The number of hydrogen-bond donors (Lipinski definition) is 1. The smallest absolute Gasteiger partial charge is 0.264 e. The highest BCUT2D eigenvalue weighted by atomic mass is 32.2. The van der Waals surface area contributed by atoms with E-state index >= 15 is 0 Å². The van der Waals surface area contributed by atoms with Crippen molar-refractivity contribution in [3.63, 3.8) is 0 Å². The van der Waals surface area contributed by atoms with Crippen LogP contribution < -0.4 is 9.46 Å². The topological polar surface area (TPSA) is 99.0 Å². The zero-order valence-electron chi connectivity index (χ0n) is 16.0. The van der Waals surface area contributed by atoms with E-state index in [1.165, 1.54) is 24.3 Å². The molecule has 0 radical (unpaired) electrons. The summed E-state index contributed by atoms with van der Waals surface area (Å²) in [6.45, 7) is 1.84. The highest BCUT2D eigenvalue weighted by molar-refractivity contribution is 7.92. The monoisotopic (exact) mass is 443 g/mol. The minimum Gasteiger partial charge on any atom is -0.438 e. The summed E-state index contributed by atoms with van der Waals surface area (Å²) < 4.78 is 61.3. The fourth-order valence-electron chi connectivity index (χ4n) is 2.72. The van der Waals surface area contributed by atoms with Crippen LogP contribution >= 0.6 is 0 Å². The normalized spacial score (nSPS) is 11.3. The summed E-state index contributed by atoms with van der Waals surface area (Å²) in [5.74, 6) is 0.0378. The van der Waals surface area contributed by atoms with Crippen molar-refractivity contribution in [2.45, 2.75) is 11.8 Å². The molecule has 31 heavy (non-hydrogen) atoms. The van der Waals surface area contributed by atoms with E-state index in [9.17, 15) is 17.2 Å². The molecule has 0 aliphatic carbocycles. The van der Waals surface area contributed by atoms with Crippen LogP contribution in [0.4, 0.5) is 14.5 Å². The number of ether oxygens (including phenoxy) is 1. The first-order chi connectivity index (χ1) is 14.8. The van der Waals surface area contributed by atoms with Crippen molar-refractivity contribution in [2.24, 2.45) is 0 Å². The number of hydrogen-bond acceptors (Lipinski definition) is 6. The Morgan fingerprint density at radius 3 is 2.42 bits per heavy atom. The SMILES string of the molecule is Cc1nccn1-c1ccc(Oc2ccc(NS(=O)(=O)c3cc(F)ccc3F)cc2)nn1. The van der Waals surface area contributed by atoms with Gasteiger partial charge in [0.05, 0.1) is 0 Å². The summed E-state index contributed by atoms with van der Waals surface area (Å²) in [5.41, 5.74) is 0.146. The maximum Gasteiger partial charge on any atom is 0.264 e. The number of anilines is 1. The Morgan fingerprint density at radius 1 is 1.00 bits per heavy atom. The summed E-state index contributed by atoms with van der Waals surface area (Å²) in [4.78, 5) is 3.34. The van der Waals surface area contributed by atoms with Crippen LogP contribution in [0.15, 0.2) is 71.9 Å². The van der Waals surface area contributed by atoms with Crippen LogP contribution in [0.1, 0.15) is 5.82 Å². The van der Waals surface area contributed by atoms with Crippen molar-refractivity contribution in [2.75, 3.05) is 4.72 Å². The molecular formula is C20H15F2N5O3S. The van der Waals surface area contributed by atoms with Gasteiger partial charge in [0.15, 0.2) is 5.82 Å². The molecule has 0 saturated carbocycles. The van der Waals surface area contributed by atoms with Crippen molar-refractivity contribution >= 4 is 15.7 Å². The van der Waals surface area contributed by atoms with E-state index in [1.54, 1.807) is 29.1 Å². The molecule has 4 aromatic rings. The molecule has 2 aromatic carbocycles. The molecule has 2 aromatic heterocycles. The van der Waals surface area contributed by atoms with Crippen molar-refractivity contribution < 1.29 is 21.9 Å². The number of halogens is 2. The number of imidazole rings is 1. The molecule has 0 bridgehead atoms. The Balaban J connectivity index is 1.46. The van der Waals surface area contributed by atoms with Crippen LogP contribution in [-0.2, 0) is 10.0 Å². The van der Waals surface area contributed by atoms with Gasteiger partial charge < -0.3 is 4.74 Å². The zero-order chi connectivity index (χ0) is 22.0. The average molecular weight is 443 g/mol. The lowest BCUT2D eigenvalue weighted by Crippen LogP contribution is -2.14. The van der Waals surface area contributed by atoms with Crippen LogP contribution in [0.25, 0.3) is 5.82 Å². The molecule has 0 atom stereocenters. The number of aryl methyl sites for hydroxylation is 1. The van der Waals surface area contributed by atoms with Gasteiger partial charge in [0.1, 0.15) is 28.1 Å². The Kier molecular flexibility index (Phi) is 5.34.